The molecule has 0 saturated heterocycles. The first-order valence-electron chi connectivity index (χ1n) is 6.12. The molecule has 0 radical (unpaired) electrons. The summed E-state index contributed by atoms with van der Waals surface area (Å²) in [6.45, 7) is 1.97. The molecule has 1 nitrogen and oxygen atoms in total. The smallest absolute Gasteiger partial charge is 0.123 e. The van der Waals surface area contributed by atoms with Crippen LogP contribution in [0.15, 0.2) is 35.0 Å². The summed E-state index contributed by atoms with van der Waals surface area (Å²) < 4.78 is 13.1. The van der Waals surface area contributed by atoms with Crippen LogP contribution >= 0.6 is 11.3 Å². The van der Waals surface area contributed by atoms with Crippen LogP contribution in [0.1, 0.15) is 16.7 Å². The number of hydrogen-bond donors (Lipinski definition) is 1. The van der Waals surface area contributed by atoms with Gasteiger partial charge in [-0.25, -0.2) is 4.39 Å². The minimum Gasteiger partial charge on any atom is -0.316 e. The summed E-state index contributed by atoms with van der Waals surface area (Å²) in [6, 6.07) is 7.59. The SMILES string of the molecule is CNC(Cc1ccsc1)Cc1ccc(F)cc1C. The van der Waals surface area contributed by atoms with Gasteiger partial charge >= 0.3 is 0 Å². The zero-order chi connectivity index (χ0) is 13.0. The van der Waals surface area contributed by atoms with E-state index in [-0.39, 0.29) is 5.82 Å². The number of rotatable bonds is 5. The van der Waals surface area contributed by atoms with Gasteiger partial charge in [-0.2, -0.15) is 11.3 Å². The lowest BCUT2D eigenvalue weighted by Crippen LogP contribution is -2.30. The molecule has 0 spiro atoms. The van der Waals surface area contributed by atoms with E-state index in [0.717, 1.165) is 18.4 Å². The van der Waals surface area contributed by atoms with E-state index in [1.54, 1.807) is 23.5 Å². The molecule has 18 heavy (non-hydrogen) atoms. The van der Waals surface area contributed by atoms with Crippen molar-refractivity contribution in [3.05, 3.63) is 57.5 Å². The van der Waals surface area contributed by atoms with E-state index in [0.29, 0.717) is 6.04 Å². The Kier molecular flexibility index (Phi) is 4.50. The summed E-state index contributed by atoms with van der Waals surface area (Å²) in [5.74, 6) is -0.157. The van der Waals surface area contributed by atoms with Crippen molar-refractivity contribution in [2.24, 2.45) is 0 Å². The molecule has 0 amide bonds. The molecule has 3 heteroatoms. The monoisotopic (exact) mass is 263 g/mol. The quantitative estimate of drug-likeness (QED) is 0.869. The molecule has 2 aromatic rings. The van der Waals surface area contributed by atoms with Gasteiger partial charge in [0, 0.05) is 6.04 Å². The topological polar surface area (TPSA) is 12.0 Å². The lowest BCUT2D eigenvalue weighted by Gasteiger charge is -2.17. The summed E-state index contributed by atoms with van der Waals surface area (Å²) in [5, 5.41) is 7.63. The summed E-state index contributed by atoms with van der Waals surface area (Å²) in [6.07, 6.45) is 1.94. The minimum atomic E-state index is -0.157. The maximum atomic E-state index is 13.1. The van der Waals surface area contributed by atoms with Gasteiger partial charge in [-0.05, 0) is 72.5 Å². The summed E-state index contributed by atoms with van der Waals surface area (Å²) in [7, 11) is 1.98. The van der Waals surface area contributed by atoms with Crippen molar-refractivity contribution in [3.63, 3.8) is 0 Å². The van der Waals surface area contributed by atoms with Crippen LogP contribution in [0.5, 0.6) is 0 Å². The van der Waals surface area contributed by atoms with E-state index in [9.17, 15) is 4.39 Å². The van der Waals surface area contributed by atoms with Crippen molar-refractivity contribution in [2.75, 3.05) is 7.05 Å². The molecule has 1 N–H and O–H groups in total. The van der Waals surface area contributed by atoms with E-state index in [2.05, 4.69) is 22.1 Å². The van der Waals surface area contributed by atoms with Crippen molar-refractivity contribution in [1.82, 2.24) is 5.32 Å². The van der Waals surface area contributed by atoms with Gasteiger partial charge in [-0.15, -0.1) is 0 Å². The second-order valence-electron chi connectivity index (χ2n) is 4.60. The number of halogens is 1. The zero-order valence-electron chi connectivity index (χ0n) is 10.7. The first kappa shape index (κ1) is 13.2. The molecular weight excluding hydrogens is 245 g/mol. The van der Waals surface area contributed by atoms with E-state index < -0.39 is 0 Å². The first-order chi connectivity index (χ1) is 8.69. The number of aryl methyl sites for hydroxylation is 1. The Morgan fingerprint density at radius 2 is 2.11 bits per heavy atom. The molecule has 2 rings (SSSR count). The average Bonchev–Trinajstić information content (AvgIpc) is 2.84. The molecule has 1 atom stereocenters. The molecule has 1 aromatic heterocycles. The van der Waals surface area contributed by atoms with Gasteiger partial charge < -0.3 is 5.32 Å². The van der Waals surface area contributed by atoms with Crippen molar-refractivity contribution < 1.29 is 4.39 Å². The fraction of sp³-hybridized carbons (Fsp3) is 0.333. The third kappa shape index (κ3) is 3.40. The third-order valence-corrected chi connectivity index (χ3v) is 3.97. The van der Waals surface area contributed by atoms with Crippen molar-refractivity contribution in [2.45, 2.75) is 25.8 Å². The molecule has 1 heterocycles. The van der Waals surface area contributed by atoms with Gasteiger partial charge in [0.05, 0.1) is 0 Å². The zero-order valence-corrected chi connectivity index (χ0v) is 11.6. The summed E-state index contributed by atoms with van der Waals surface area (Å²) in [5.41, 5.74) is 3.60. The van der Waals surface area contributed by atoms with Crippen LogP contribution in [-0.2, 0) is 12.8 Å². The lowest BCUT2D eigenvalue weighted by atomic mass is 9.97. The van der Waals surface area contributed by atoms with Crippen molar-refractivity contribution >= 4 is 11.3 Å². The molecule has 0 saturated carbocycles. The third-order valence-electron chi connectivity index (χ3n) is 3.24. The molecule has 0 bridgehead atoms. The number of likely N-dealkylation sites (N-methyl/N-ethyl adjacent to an activating group) is 1. The maximum absolute atomic E-state index is 13.1. The van der Waals surface area contributed by atoms with E-state index >= 15 is 0 Å². The van der Waals surface area contributed by atoms with Gasteiger partial charge in [-0.1, -0.05) is 6.07 Å². The average molecular weight is 263 g/mol. The second kappa shape index (κ2) is 6.12. The Labute approximate surface area is 112 Å². The highest BCUT2D eigenvalue weighted by molar-refractivity contribution is 7.07. The number of nitrogens with one attached hydrogen (secondary N) is 1. The largest absolute Gasteiger partial charge is 0.316 e. The van der Waals surface area contributed by atoms with Gasteiger partial charge in [0.25, 0.3) is 0 Å². The first-order valence-corrected chi connectivity index (χ1v) is 7.06. The summed E-state index contributed by atoms with van der Waals surface area (Å²) >= 11 is 1.73. The lowest BCUT2D eigenvalue weighted by molar-refractivity contribution is 0.554. The Bertz CT molecular complexity index is 493. The predicted molar refractivity (Wildman–Crippen MR) is 75.7 cm³/mol. The standard InChI is InChI=1S/C15H18FNS/c1-11-7-14(16)4-3-13(11)9-15(17-2)8-12-5-6-18-10-12/h3-7,10,15,17H,8-9H2,1-2H3. The molecule has 0 aliphatic rings. The minimum absolute atomic E-state index is 0.157. The maximum Gasteiger partial charge on any atom is 0.123 e. The van der Waals surface area contributed by atoms with Crippen LogP contribution < -0.4 is 5.32 Å². The van der Waals surface area contributed by atoms with Crippen LogP contribution in [-0.4, -0.2) is 13.1 Å². The molecule has 96 valence electrons. The number of benzene rings is 1. The van der Waals surface area contributed by atoms with E-state index in [4.69, 9.17) is 0 Å². The van der Waals surface area contributed by atoms with Crippen LogP contribution in [0.2, 0.25) is 0 Å². The molecule has 1 unspecified atom stereocenters. The molecule has 1 aromatic carbocycles. The Balaban J connectivity index is 2.05. The van der Waals surface area contributed by atoms with Gasteiger partial charge in [-0.3, -0.25) is 0 Å². The van der Waals surface area contributed by atoms with Crippen LogP contribution in [0.3, 0.4) is 0 Å². The predicted octanol–water partition coefficient (Wildman–Crippen LogP) is 3.57. The Morgan fingerprint density at radius 1 is 1.28 bits per heavy atom. The van der Waals surface area contributed by atoms with Gasteiger partial charge in [0.15, 0.2) is 0 Å². The fourth-order valence-corrected chi connectivity index (χ4v) is 2.80. The van der Waals surface area contributed by atoms with Crippen LogP contribution in [0, 0.1) is 12.7 Å². The molecule has 0 aliphatic carbocycles. The highest BCUT2D eigenvalue weighted by Gasteiger charge is 2.10. The van der Waals surface area contributed by atoms with Crippen molar-refractivity contribution in [1.29, 1.82) is 0 Å². The van der Waals surface area contributed by atoms with Crippen LogP contribution in [0.25, 0.3) is 0 Å². The molecule has 0 aliphatic heterocycles. The van der Waals surface area contributed by atoms with Crippen LogP contribution in [0.4, 0.5) is 4.39 Å². The molecule has 0 fully saturated rings. The summed E-state index contributed by atoms with van der Waals surface area (Å²) in [4.78, 5) is 0. The normalized spacial score (nSPS) is 12.6. The van der Waals surface area contributed by atoms with Crippen molar-refractivity contribution in [3.8, 4) is 0 Å². The Hall–Kier alpha value is -1.19. The van der Waals surface area contributed by atoms with Gasteiger partial charge in [0.2, 0.25) is 0 Å². The number of thiophene rings is 1. The highest BCUT2D eigenvalue weighted by Crippen LogP contribution is 2.15. The fourth-order valence-electron chi connectivity index (χ4n) is 2.12. The van der Waals surface area contributed by atoms with E-state index in [1.807, 2.05) is 20.0 Å². The van der Waals surface area contributed by atoms with Gasteiger partial charge in [0.1, 0.15) is 5.82 Å². The number of hydrogen-bond acceptors (Lipinski definition) is 2. The highest BCUT2D eigenvalue weighted by atomic mass is 32.1. The second-order valence-corrected chi connectivity index (χ2v) is 5.38. The Morgan fingerprint density at radius 3 is 2.72 bits per heavy atom. The molecular formula is C15H18FNS. The van der Waals surface area contributed by atoms with E-state index in [1.165, 1.54) is 11.1 Å².